The van der Waals surface area contributed by atoms with E-state index in [2.05, 4.69) is 38.9 Å². The van der Waals surface area contributed by atoms with Crippen molar-refractivity contribution in [1.82, 2.24) is 0 Å². The lowest BCUT2D eigenvalue weighted by Crippen LogP contribution is -1.85. The van der Waals surface area contributed by atoms with Crippen molar-refractivity contribution in [3.63, 3.8) is 0 Å². The van der Waals surface area contributed by atoms with Crippen molar-refractivity contribution < 1.29 is 0 Å². The quantitative estimate of drug-likeness (QED) is 0.433. The molecular weight excluding hydrogens is 211 g/mol. The van der Waals surface area contributed by atoms with Gasteiger partial charge in [-0.2, -0.15) is 0 Å². The summed E-state index contributed by atoms with van der Waals surface area (Å²) in [5.74, 6) is 3.74. The van der Waals surface area contributed by atoms with E-state index in [9.17, 15) is 0 Å². The summed E-state index contributed by atoms with van der Waals surface area (Å²) in [5, 5.41) is 0. The van der Waals surface area contributed by atoms with Crippen LogP contribution in [-0.2, 0) is 0 Å². The van der Waals surface area contributed by atoms with E-state index in [4.69, 9.17) is 0 Å². The summed E-state index contributed by atoms with van der Waals surface area (Å²) in [7, 11) is 0. The average molecular weight is 219 g/mol. The minimum absolute atomic E-state index is 0.617. The highest BCUT2D eigenvalue weighted by Gasteiger charge is 2.11. The molecule has 1 aliphatic rings. The van der Waals surface area contributed by atoms with Crippen molar-refractivity contribution in [2.45, 2.75) is 19.3 Å². The zero-order valence-corrected chi connectivity index (χ0v) is 6.81. The van der Waals surface area contributed by atoms with Crippen LogP contribution >= 0.6 is 22.6 Å². The van der Waals surface area contributed by atoms with Crippen LogP contribution in [-0.4, -0.2) is 0 Å². The summed E-state index contributed by atoms with van der Waals surface area (Å²) < 4.78 is 2.90. The molecule has 1 unspecified atom stereocenters. The van der Waals surface area contributed by atoms with Crippen LogP contribution in [0.4, 0.5) is 0 Å². The standard InChI is InChI=1S/C7H8I/c8-6-5-7-3-1-2-4-7/h3,7H,1-2,4H2. The van der Waals surface area contributed by atoms with Crippen LogP contribution in [0.3, 0.4) is 0 Å². The minimum Gasteiger partial charge on any atom is -0.0882 e. The first-order valence-corrected chi connectivity index (χ1v) is 3.96. The Morgan fingerprint density at radius 1 is 1.62 bits per heavy atom. The van der Waals surface area contributed by atoms with Crippen molar-refractivity contribution in [3.05, 3.63) is 6.42 Å². The van der Waals surface area contributed by atoms with Gasteiger partial charge in [0.15, 0.2) is 0 Å². The van der Waals surface area contributed by atoms with E-state index in [0.717, 1.165) is 0 Å². The lowest BCUT2D eigenvalue weighted by atomic mass is 10.1. The molecule has 0 N–H and O–H groups in total. The fourth-order valence-corrected chi connectivity index (χ4v) is 1.38. The molecule has 0 aliphatic heterocycles. The molecule has 0 nitrogen and oxygen atoms in total. The van der Waals surface area contributed by atoms with E-state index in [-0.39, 0.29) is 0 Å². The van der Waals surface area contributed by atoms with E-state index in [1.807, 2.05) is 0 Å². The Kier molecular flexibility index (Phi) is 2.68. The summed E-state index contributed by atoms with van der Waals surface area (Å²) in [6, 6.07) is 0. The first kappa shape index (κ1) is 6.41. The topological polar surface area (TPSA) is 0 Å². The summed E-state index contributed by atoms with van der Waals surface area (Å²) in [4.78, 5) is 0. The molecule has 0 amide bonds. The van der Waals surface area contributed by atoms with E-state index in [0.29, 0.717) is 5.92 Å². The molecule has 0 aromatic rings. The molecule has 1 atom stereocenters. The van der Waals surface area contributed by atoms with Gasteiger partial charge in [-0.25, -0.2) is 0 Å². The lowest BCUT2D eigenvalue weighted by molar-refractivity contribution is 0.786. The number of hydrogen-bond acceptors (Lipinski definition) is 0. The molecule has 0 aromatic carbocycles. The molecule has 1 rings (SSSR count). The maximum Gasteiger partial charge on any atom is 0.0242 e. The molecule has 0 heterocycles. The Hall–Kier alpha value is 0.290. The molecular formula is C7H8I. The molecule has 1 saturated carbocycles. The largest absolute Gasteiger partial charge is 0.0882 e. The van der Waals surface area contributed by atoms with Crippen molar-refractivity contribution >= 4 is 22.6 Å². The van der Waals surface area contributed by atoms with Gasteiger partial charge in [-0.3, -0.25) is 0 Å². The van der Waals surface area contributed by atoms with Crippen molar-refractivity contribution in [2.75, 3.05) is 0 Å². The van der Waals surface area contributed by atoms with Crippen LogP contribution in [0.2, 0.25) is 0 Å². The molecule has 1 fully saturated rings. The third-order valence-electron chi connectivity index (χ3n) is 1.41. The van der Waals surface area contributed by atoms with Gasteiger partial charge >= 0.3 is 0 Å². The second-order valence-electron chi connectivity index (χ2n) is 2.01. The Balaban J connectivity index is 2.32. The molecule has 1 heteroatoms. The molecule has 0 bridgehead atoms. The van der Waals surface area contributed by atoms with Gasteiger partial charge in [0.1, 0.15) is 0 Å². The fourth-order valence-electron chi connectivity index (χ4n) is 0.976. The highest BCUT2D eigenvalue weighted by atomic mass is 127. The molecule has 1 radical (unpaired) electrons. The van der Waals surface area contributed by atoms with Crippen molar-refractivity contribution in [3.8, 4) is 9.85 Å². The second kappa shape index (κ2) is 3.34. The van der Waals surface area contributed by atoms with E-state index in [1.165, 1.54) is 19.3 Å². The zero-order valence-electron chi connectivity index (χ0n) is 4.65. The van der Waals surface area contributed by atoms with Crippen LogP contribution in [0.1, 0.15) is 19.3 Å². The number of hydrogen-bond donors (Lipinski definition) is 0. The van der Waals surface area contributed by atoms with Gasteiger partial charge in [0, 0.05) is 28.5 Å². The molecule has 0 saturated heterocycles. The Morgan fingerprint density at radius 2 is 2.50 bits per heavy atom. The van der Waals surface area contributed by atoms with Crippen molar-refractivity contribution in [2.24, 2.45) is 5.92 Å². The van der Waals surface area contributed by atoms with Crippen LogP contribution < -0.4 is 0 Å². The predicted octanol–water partition coefficient (Wildman–Crippen LogP) is 2.39. The van der Waals surface area contributed by atoms with E-state index < -0.39 is 0 Å². The fraction of sp³-hybridized carbons (Fsp3) is 0.571. The molecule has 1 aliphatic carbocycles. The SMILES string of the molecule is IC#CC1[CH]CCC1. The monoisotopic (exact) mass is 219 g/mol. The summed E-state index contributed by atoms with van der Waals surface area (Å²) in [6.45, 7) is 0. The van der Waals surface area contributed by atoms with Gasteiger partial charge in [-0.15, -0.1) is 0 Å². The van der Waals surface area contributed by atoms with Gasteiger partial charge < -0.3 is 0 Å². The van der Waals surface area contributed by atoms with Gasteiger partial charge in [0.05, 0.1) is 0 Å². The Bertz CT molecular complexity index is 112. The van der Waals surface area contributed by atoms with Crippen LogP contribution in [0.5, 0.6) is 0 Å². The maximum absolute atomic E-state index is 3.13. The maximum atomic E-state index is 3.13. The first-order valence-electron chi connectivity index (χ1n) is 2.88. The first-order chi connectivity index (χ1) is 3.93. The van der Waals surface area contributed by atoms with Crippen molar-refractivity contribution in [1.29, 1.82) is 0 Å². The predicted molar refractivity (Wildman–Crippen MR) is 43.4 cm³/mol. The summed E-state index contributed by atoms with van der Waals surface area (Å²) in [5.41, 5.74) is 0. The second-order valence-corrected chi connectivity index (χ2v) is 2.55. The Morgan fingerprint density at radius 3 is 3.00 bits per heavy atom. The van der Waals surface area contributed by atoms with E-state index >= 15 is 0 Å². The van der Waals surface area contributed by atoms with Gasteiger partial charge in [-0.1, -0.05) is 12.3 Å². The minimum atomic E-state index is 0.617. The normalized spacial score (nSPS) is 20.1. The summed E-state index contributed by atoms with van der Waals surface area (Å²) >= 11 is 2.10. The molecule has 43 valence electrons. The lowest BCUT2D eigenvalue weighted by Gasteiger charge is -1.91. The molecule has 0 spiro atoms. The molecule has 0 aromatic heterocycles. The Labute approximate surface area is 64.2 Å². The molecule has 8 heavy (non-hydrogen) atoms. The van der Waals surface area contributed by atoms with Crippen LogP contribution in [0.15, 0.2) is 0 Å². The van der Waals surface area contributed by atoms with Crippen LogP contribution in [0, 0.1) is 22.2 Å². The smallest absolute Gasteiger partial charge is 0.0242 e. The third-order valence-corrected chi connectivity index (χ3v) is 1.72. The summed E-state index contributed by atoms with van der Waals surface area (Å²) in [6.07, 6.45) is 6.22. The highest BCUT2D eigenvalue weighted by molar-refractivity contribution is 14.1. The number of halogens is 1. The van der Waals surface area contributed by atoms with Gasteiger partial charge in [0.25, 0.3) is 0 Å². The number of rotatable bonds is 0. The van der Waals surface area contributed by atoms with Crippen LogP contribution in [0.25, 0.3) is 0 Å². The van der Waals surface area contributed by atoms with Gasteiger partial charge in [0.2, 0.25) is 0 Å². The van der Waals surface area contributed by atoms with Gasteiger partial charge in [-0.05, 0) is 23.2 Å². The van der Waals surface area contributed by atoms with E-state index in [1.54, 1.807) is 0 Å². The highest BCUT2D eigenvalue weighted by Crippen LogP contribution is 2.22. The zero-order chi connectivity index (χ0) is 5.82. The third kappa shape index (κ3) is 1.66. The average Bonchev–Trinajstić information content (AvgIpc) is 2.19.